The number of carbonyl (C=O) groups excluding carboxylic acids is 1. The summed E-state index contributed by atoms with van der Waals surface area (Å²) in [4.78, 5) is 22.2. The Bertz CT molecular complexity index is 457. The monoisotopic (exact) mass is 292 g/mol. The predicted molar refractivity (Wildman–Crippen MR) is 83.3 cm³/mol. The number of carboxylic acids is 1. The van der Waals surface area contributed by atoms with Gasteiger partial charge in [0.25, 0.3) is 0 Å². The van der Waals surface area contributed by atoms with Gasteiger partial charge in [0.2, 0.25) is 5.91 Å². The molecule has 1 atom stereocenters. The van der Waals surface area contributed by atoms with Crippen LogP contribution in [0.25, 0.3) is 0 Å². The summed E-state index contributed by atoms with van der Waals surface area (Å²) >= 11 is 0. The van der Waals surface area contributed by atoms with Crippen LogP contribution in [0.4, 0.5) is 5.69 Å². The number of aliphatic carboxylic acids is 1. The molecule has 1 unspecified atom stereocenters. The van der Waals surface area contributed by atoms with Gasteiger partial charge in [0.15, 0.2) is 0 Å². The fourth-order valence-corrected chi connectivity index (χ4v) is 1.91. The van der Waals surface area contributed by atoms with Gasteiger partial charge < -0.3 is 15.7 Å². The number of rotatable bonds is 9. The number of anilines is 1. The highest BCUT2D eigenvalue weighted by molar-refractivity contribution is 5.92. The minimum Gasteiger partial charge on any atom is -0.481 e. The molecule has 0 bridgehead atoms. The topological polar surface area (TPSA) is 78.4 Å². The van der Waals surface area contributed by atoms with Crippen molar-refractivity contribution in [3.05, 3.63) is 29.8 Å². The van der Waals surface area contributed by atoms with E-state index in [1.165, 1.54) is 0 Å². The molecule has 0 aliphatic carbocycles. The van der Waals surface area contributed by atoms with Crippen molar-refractivity contribution in [1.82, 2.24) is 5.32 Å². The van der Waals surface area contributed by atoms with E-state index in [-0.39, 0.29) is 18.9 Å². The number of aryl methyl sites for hydroxylation is 1. The molecule has 0 spiro atoms. The maximum Gasteiger partial charge on any atom is 0.303 e. The molecule has 0 aliphatic heterocycles. The lowest BCUT2D eigenvalue weighted by molar-refractivity contribution is -0.137. The van der Waals surface area contributed by atoms with Gasteiger partial charge in [0, 0.05) is 12.1 Å². The van der Waals surface area contributed by atoms with E-state index in [0.717, 1.165) is 17.7 Å². The van der Waals surface area contributed by atoms with E-state index in [1.807, 2.05) is 38.1 Å². The molecule has 0 heterocycles. The minimum atomic E-state index is -0.757. The highest BCUT2D eigenvalue weighted by atomic mass is 16.4. The third-order valence-corrected chi connectivity index (χ3v) is 3.29. The second-order valence-electron chi connectivity index (χ2n) is 5.42. The minimum absolute atomic E-state index is 0.0722. The first-order chi connectivity index (χ1) is 9.97. The third kappa shape index (κ3) is 8.09. The molecule has 5 heteroatoms. The van der Waals surface area contributed by atoms with Crippen LogP contribution in [0.2, 0.25) is 0 Å². The Morgan fingerprint density at radius 1 is 1.19 bits per heavy atom. The highest BCUT2D eigenvalue weighted by Gasteiger charge is 2.06. The van der Waals surface area contributed by atoms with E-state index in [4.69, 9.17) is 5.11 Å². The van der Waals surface area contributed by atoms with E-state index in [2.05, 4.69) is 10.6 Å². The molecular formula is C16H24N2O3. The highest BCUT2D eigenvalue weighted by Crippen LogP contribution is 2.09. The average Bonchev–Trinajstić information content (AvgIpc) is 2.44. The Morgan fingerprint density at radius 2 is 1.86 bits per heavy atom. The average molecular weight is 292 g/mol. The summed E-state index contributed by atoms with van der Waals surface area (Å²) in [5, 5.41) is 14.5. The summed E-state index contributed by atoms with van der Waals surface area (Å²) in [6.07, 6.45) is 1.74. The summed E-state index contributed by atoms with van der Waals surface area (Å²) < 4.78 is 0. The molecule has 0 radical (unpaired) electrons. The second-order valence-corrected chi connectivity index (χ2v) is 5.42. The molecule has 5 nitrogen and oxygen atoms in total. The molecule has 21 heavy (non-hydrogen) atoms. The van der Waals surface area contributed by atoms with Gasteiger partial charge in [-0.05, 0) is 44.4 Å². The van der Waals surface area contributed by atoms with Crippen LogP contribution in [-0.4, -0.2) is 30.1 Å². The molecule has 0 aliphatic rings. The van der Waals surface area contributed by atoms with Gasteiger partial charge in [-0.3, -0.25) is 9.59 Å². The summed E-state index contributed by atoms with van der Waals surface area (Å²) in [7, 11) is 0. The normalized spacial score (nSPS) is 11.9. The van der Waals surface area contributed by atoms with Gasteiger partial charge in [0.05, 0.1) is 6.54 Å². The largest absolute Gasteiger partial charge is 0.481 e. The summed E-state index contributed by atoms with van der Waals surface area (Å²) in [5.74, 6) is -0.488. The van der Waals surface area contributed by atoms with Crippen LogP contribution in [0.15, 0.2) is 24.3 Å². The van der Waals surface area contributed by atoms with Crippen molar-refractivity contribution in [2.24, 2.45) is 5.92 Å². The number of amides is 1. The standard InChI is InChI=1S/C16H24N2O3/c1-12-3-6-14(7-4-12)18-15(19)11-17-10-9-13(2)5-8-16(20)21/h3-4,6-7,13,17H,5,8-11H2,1-2H3,(H,18,19)(H,20,21). The van der Waals surface area contributed by atoms with Crippen molar-refractivity contribution in [1.29, 1.82) is 0 Å². The van der Waals surface area contributed by atoms with Gasteiger partial charge in [-0.15, -0.1) is 0 Å². The zero-order valence-electron chi connectivity index (χ0n) is 12.7. The van der Waals surface area contributed by atoms with E-state index >= 15 is 0 Å². The van der Waals surface area contributed by atoms with Crippen LogP contribution in [0, 0.1) is 12.8 Å². The molecule has 1 amide bonds. The van der Waals surface area contributed by atoms with E-state index < -0.39 is 5.97 Å². The number of carbonyl (C=O) groups is 2. The smallest absolute Gasteiger partial charge is 0.303 e. The van der Waals surface area contributed by atoms with Crippen LogP contribution in [-0.2, 0) is 9.59 Å². The van der Waals surface area contributed by atoms with Crippen molar-refractivity contribution in [3.63, 3.8) is 0 Å². The lowest BCUT2D eigenvalue weighted by Crippen LogP contribution is -2.29. The van der Waals surface area contributed by atoms with E-state index in [9.17, 15) is 9.59 Å². The van der Waals surface area contributed by atoms with Crippen molar-refractivity contribution in [2.45, 2.75) is 33.1 Å². The molecule has 1 rings (SSSR count). The molecule has 1 aromatic rings. The lowest BCUT2D eigenvalue weighted by atomic mass is 10.0. The Hall–Kier alpha value is -1.88. The SMILES string of the molecule is Cc1ccc(NC(=O)CNCCC(C)CCC(=O)O)cc1. The number of benzene rings is 1. The summed E-state index contributed by atoms with van der Waals surface area (Å²) in [5.41, 5.74) is 1.95. The van der Waals surface area contributed by atoms with Crippen molar-refractivity contribution in [2.75, 3.05) is 18.4 Å². The molecule has 1 aromatic carbocycles. The first-order valence-corrected chi connectivity index (χ1v) is 7.26. The van der Waals surface area contributed by atoms with Crippen molar-refractivity contribution < 1.29 is 14.7 Å². The molecule has 0 fully saturated rings. The maximum absolute atomic E-state index is 11.7. The fraction of sp³-hybridized carbons (Fsp3) is 0.500. The zero-order chi connectivity index (χ0) is 15.7. The summed E-state index contributed by atoms with van der Waals surface area (Å²) in [6.45, 7) is 5.00. The number of nitrogens with one attached hydrogen (secondary N) is 2. The van der Waals surface area contributed by atoms with Crippen LogP contribution in [0.5, 0.6) is 0 Å². The third-order valence-electron chi connectivity index (χ3n) is 3.29. The Kier molecular flexibility index (Phi) is 7.46. The number of hydrogen-bond donors (Lipinski definition) is 3. The van der Waals surface area contributed by atoms with Crippen LogP contribution >= 0.6 is 0 Å². The molecule has 3 N–H and O–H groups in total. The Morgan fingerprint density at radius 3 is 2.48 bits per heavy atom. The first-order valence-electron chi connectivity index (χ1n) is 7.26. The molecule has 116 valence electrons. The number of carboxylic acid groups (broad SMARTS) is 1. The fourth-order valence-electron chi connectivity index (χ4n) is 1.91. The van der Waals surface area contributed by atoms with Gasteiger partial charge in [-0.25, -0.2) is 0 Å². The summed E-state index contributed by atoms with van der Waals surface area (Å²) in [6, 6.07) is 7.66. The van der Waals surface area contributed by atoms with Gasteiger partial charge in [-0.2, -0.15) is 0 Å². The van der Waals surface area contributed by atoms with Gasteiger partial charge in [0.1, 0.15) is 0 Å². The van der Waals surface area contributed by atoms with Gasteiger partial charge >= 0.3 is 5.97 Å². The van der Waals surface area contributed by atoms with Crippen LogP contribution in [0.1, 0.15) is 31.7 Å². The number of hydrogen-bond acceptors (Lipinski definition) is 3. The van der Waals surface area contributed by atoms with Crippen molar-refractivity contribution in [3.8, 4) is 0 Å². The quantitative estimate of drug-likeness (QED) is 0.611. The molecule has 0 saturated heterocycles. The lowest BCUT2D eigenvalue weighted by Gasteiger charge is -2.11. The molecular weight excluding hydrogens is 268 g/mol. The molecule has 0 saturated carbocycles. The second kappa shape index (κ2) is 9.13. The van der Waals surface area contributed by atoms with Crippen LogP contribution < -0.4 is 10.6 Å². The van der Waals surface area contributed by atoms with Gasteiger partial charge in [-0.1, -0.05) is 24.6 Å². The first kappa shape index (κ1) is 17.2. The Labute approximate surface area is 125 Å². The zero-order valence-corrected chi connectivity index (χ0v) is 12.7. The maximum atomic E-state index is 11.7. The van der Waals surface area contributed by atoms with Crippen molar-refractivity contribution >= 4 is 17.6 Å². The predicted octanol–water partition coefficient (Wildman–Crippen LogP) is 2.41. The molecule has 0 aromatic heterocycles. The van der Waals surface area contributed by atoms with E-state index in [0.29, 0.717) is 18.9 Å². The Balaban J connectivity index is 2.13. The van der Waals surface area contributed by atoms with Crippen LogP contribution in [0.3, 0.4) is 0 Å². The van der Waals surface area contributed by atoms with E-state index in [1.54, 1.807) is 0 Å².